The van der Waals surface area contributed by atoms with E-state index < -0.39 is 0 Å². The first kappa shape index (κ1) is 14.5. The summed E-state index contributed by atoms with van der Waals surface area (Å²) in [7, 11) is 0. The predicted molar refractivity (Wildman–Crippen MR) is 86.8 cm³/mol. The number of nitrogens with one attached hydrogen (secondary N) is 1. The Bertz CT molecular complexity index is 553. The van der Waals surface area contributed by atoms with Gasteiger partial charge >= 0.3 is 6.03 Å². The Balaban J connectivity index is 1.44. The van der Waals surface area contributed by atoms with E-state index in [9.17, 15) is 4.79 Å². The fraction of sp³-hybridized carbons (Fsp3) is 0.706. The van der Waals surface area contributed by atoms with Crippen LogP contribution < -0.4 is 5.32 Å². The first-order valence-corrected chi connectivity index (χ1v) is 9.16. The molecule has 22 heavy (non-hydrogen) atoms. The smallest absolute Gasteiger partial charge is 0.318 e. The number of carbonyl (C=O) groups excluding carboxylic acids is 1. The number of ether oxygens (including phenoxy) is 1. The van der Waals surface area contributed by atoms with Gasteiger partial charge in [-0.05, 0) is 30.7 Å². The molecule has 2 heterocycles. The predicted octanol–water partition coefficient (Wildman–Crippen LogP) is 3.24. The van der Waals surface area contributed by atoms with E-state index in [2.05, 4.69) is 36.7 Å². The Kier molecular flexibility index (Phi) is 3.46. The fourth-order valence-electron chi connectivity index (χ4n) is 4.16. The number of fused-ring (bicyclic) bond motifs is 1. The van der Waals surface area contributed by atoms with Gasteiger partial charge in [-0.15, -0.1) is 11.3 Å². The van der Waals surface area contributed by atoms with E-state index in [-0.39, 0.29) is 17.5 Å². The molecular weight excluding hydrogens is 296 g/mol. The molecule has 2 aliphatic carbocycles. The zero-order valence-electron chi connectivity index (χ0n) is 13.2. The van der Waals surface area contributed by atoms with E-state index >= 15 is 0 Å². The summed E-state index contributed by atoms with van der Waals surface area (Å²) >= 11 is 1.73. The lowest BCUT2D eigenvalue weighted by Crippen LogP contribution is -2.67. The molecule has 1 aromatic heterocycles. The second kappa shape index (κ2) is 5.24. The summed E-state index contributed by atoms with van der Waals surface area (Å²) in [5.41, 5.74) is 0.0506. The van der Waals surface area contributed by atoms with Crippen molar-refractivity contribution in [2.45, 2.75) is 57.8 Å². The van der Waals surface area contributed by atoms with Crippen LogP contribution in [-0.4, -0.2) is 35.7 Å². The second-order valence-electron chi connectivity index (χ2n) is 7.43. The van der Waals surface area contributed by atoms with Gasteiger partial charge in [-0.25, -0.2) is 4.79 Å². The normalized spacial score (nSPS) is 32.2. The van der Waals surface area contributed by atoms with Crippen LogP contribution in [0.2, 0.25) is 0 Å². The number of hydrogen-bond donors (Lipinski definition) is 1. The van der Waals surface area contributed by atoms with Crippen molar-refractivity contribution in [3.05, 3.63) is 22.4 Å². The molecule has 0 aromatic carbocycles. The summed E-state index contributed by atoms with van der Waals surface area (Å²) in [6, 6.07) is 4.96. The molecule has 0 radical (unpaired) electrons. The van der Waals surface area contributed by atoms with Crippen LogP contribution in [-0.2, 0) is 11.3 Å². The highest BCUT2D eigenvalue weighted by molar-refractivity contribution is 7.09. The monoisotopic (exact) mass is 320 g/mol. The molecule has 2 saturated carbocycles. The second-order valence-corrected chi connectivity index (χ2v) is 8.46. The molecule has 0 spiro atoms. The van der Waals surface area contributed by atoms with Crippen LogP contribution >= 0.6 is 11.3 Å². The first-order valence-electron chi connectivity index (χ1n) is 8.28. The minimum Gasteiger partial charge on any atom is -0.377 e. The molecule has 3 fully saturated rings. The van der Waals surface area contributed by atoms with Crippen LogP contribution in [0, 0.1) is 11.3 Å². The SMILES string of the molecule is CC1(C)[C@H](NC(=O)N(Cc2cccs2)C2CC2)[C@H]2CCO[C@@H]21. The van der Waals surface area contributed by atoms with Gasteiger partial charge in [0.15, 0.2) is 0 Å². The zero-order valence-corrected chi connectivity index (χ0v) is 14.1. The quantitative estimate of drug-likeness (QED) is 0.925. The Morgan fingerprint density at radius 2 is 2.27 bits per heavy atom. The highest BCUT2D eigenvalue weighted by Crippen LogP contribution is 2.52. The Hall–Kier alpha value is -1.07. The van der Waals surface area contributed by atoms with E-state index in [4.69, 9.17) is 4.74 Å². The maximum absolute atomic E-state index is 12.8. The third-order valence-corrected chi connectivity index (χ3v) is 6.40. The van der Waals surface area contributed by atoms with Gasteiger partial charge in [-0.1, -0.05) is 19.9 Å². The highest BCUT2D eigenvalue weighted by atomic mass is 32.1. The number of rotatable bonds is 4. The average Bonchev–Trinajstić information content (AvgIpc) is 3.03. The highest BCUT2D eigenvalue weighted by Gasteiger charge is 2.60. The van der Waals surface area contributed by atoms with Crippen molar-refractivity contribution in [3.8, 4) is 0 Å². The van der Waals surface area contributed by atoms with Gasteiger partial charge in [0.05, 0.1) is 12.6 Å². The van der Waals surface area contributed by atoms with Gasteiger partial charge < -0.3 is 15.0 Å². The van der Waals surface area contributed by atoms with Crippen LogP contribution in [0.1, 0.15) is 38.0 Å². The summed E-state index contributed by atoms with van der Waals surface area (Å²) in [5, 5.41) is 5.40. The minimum atomic E-state index is 0.0506. The molecule has 5 heteroatoms. The van der Waals surface area contributed by atoms with E-state index in [1.54, 1.807) is 11.3 Å². The van der Waals surface area contributed by atoms with Crippen LogP contribution in [0.5, 0.6) is 0 Å². The maximum atomic E-state index is 12.8. The number of carbonyl (C=O) groups is 1. The Morgan fingerprint density at radius 3 is 2.95 bits per heavy atom. The van der Waals surface area contributed by atoms with Gasteiger partial charge in [0.2, 0.25) is 0 Å². The van der Waals surface area contributed by atoms with Gasteiger partial charge in [0.1, 0.15) is 0 Å². The summed E-state index contributed by atoms with van der Waals surface area (Å²) in [6.45, 7) is 6.01. The molecular formula is C17H24N2O2S. The lowest BCUT2D eigenvalue weighted by atomic mass is 9.57. The van der Waals surface area contributed by atoms with Crippen molar-refractivity contribution in [2.24, 2.45) is 11.3 Å². The number of hydrogen-bond acceptors (Lipinski definition) is 3. The Labute approximate surface area is 135 Å². The van der Waals surface area contributed by atoms with E-state index in [0.29, 0.717) is 18.1 Å². The summed E-state index contributed by atoms with van der Waals surface area (Å²) in [6.07, 6.45) is 3.68. The molecule has 1 aliphatic heterocycles. The topological polar surface area (TPSA) is 41.6 Å². The van der Waals surface area contributed by atoms with E-state index in [1.165, 1.54) is 4.88 Å². The zero-order chi connectivity index (χ0) is 15.3. The summed E-state index contributed by atoms with van der Waals surface area (Å²) in [5.74, 6) is 0.502. The third kappa shape index (κ3) is 2.35. The number of urea groups is 1. The van der Waals surface area contributed by atoms with Crippen molar-refractivity contribution < 1.29 is 9.53 Å². The lowest BCUT2D eigenvalue weighted by Gasteiger charge is -2.54. The molecule has 4 rings (SSSR count). The summed E-state index contributed by atoms with van der Waals surface area (Å²) < 4.78 is 5.82. The van der Waals surface area contributed by atoms with Crippen molar-refractivity contribution in [1.29, 1.82) is 0 Å². The molecule has 1 N–H and O–H groups in total. The fourth-order valence-corrected chi connectivity index (χ4v) is 4.86. The van der Waals surface area contributed by atoms with Crippen molar-refractivity contribution in [1.82, 2.24) is 10.2 Å². The van der Waals surface area contributed by atoms with E-state index in [1.807, 2.05) is 4.90 Å². The standard InChI is InChI=1S/C17H24N2O2S/c1-17(2)14(13-7-8-21-15(13)17)18-16(20)19(11-5-6-11)10-12-4-3-9-22-12/h3-4,9,11,13-15H,5-8,10H2,1-2H3,(H,18,20)/t13-,14-,15+/m1/s1. The van der Waals surface area contributed by atoms with Crippen LogP contribution in [0.25, 0.3) is 0 Å². The van der Waals surface area contributed by atoms with Gasteiger partial charge in [-0.3, -0.25) is 0 Å². The van der Waals surface area contributed by atoms with Gasteiger partial charge in [0.25, 0.3) is 0 Å². The molecule has 1 aromatic rings. The van der Waals surface area contributed by atoms with Crippen LogP contribution in [0.15, 0.2) is 17.5 Å². The van der Waals surface area contributed by atoms with Crippen LogP contribution in [0.3, 0.4) is 0 Å². The third-order valence-electron chi connectivity index (χ3n) is 5.53. The lowest BCUT2D eigenvalue weighted by molar-refractivity contribution is -0.109. The average molecular weight is 320 g/mol. The molecule has 0 bridgehead atoms. The molecule has 0 unspecified atom stereocenters. The number of amides is 2. The molecule has 3 aliphatic rings. The van der Waals surface area contributed by atoms with Crippen LogP contribution in [0.4, 0.5) is 4.79 Å². The maximum Gasteiger partial charge on any atom is 0.318 e. The minimum absolute atomic E-state index is 0.0506. The Morgan fingerprint density at radius 1 is 1.45 bits per heavy atom. The molecule has 4 nitrogen and oxygen atoms in total. The molecule has 120 valence electrons. The largest absolute Gasteiger partial charge is 0.377 e. The van der Waals surface area contributed by atoms with Gasteiger partial charge in [0, 0.05) is 34.9 Å². The first-order chi connectivity index (χ1) is 10.6. The van der Waals surface area contributed by atoms with Gasteiger partial charge in [-0.2, -0.15) is 0 Å². The molecule has 1 saturated heterocycles. The van der Waals surface area contributed by atoms with E-state index in [0.717, 1.165) is 32.4 Å². The van der Waals surface area contributed by atoms with Crippen molar-refractivity contribution >= 4 is 17.4 Å². The molecule has 3 atom stereocenters. The number of thiophene rings is 1. The molecule has 2 amide bonds. The van der Waals surface area contributed by atoms with Crippen molar-refractivity contribution in [2.75, 3.05) is 6.61 Å². The summed E-state index contributed by atoms with van der Waals surface area (Å²) in [4.78, 5) is 16.1. The number of nitrogens with zero attached hydrogens (tertiary/aromatic N) is 1. The van der Waals surface area contributed by atoms with Crippen molar-refractivity contribution in [3.63, 3.8) is 0 Å².